The zero-order valence-electron chi connectivity index (χ0n) is 6.93. The van der Waals surface area contributed by atoms with E-state index in [-0.39, 0.29) is 0 Å². The van der Waals surface area contributed by atoms with Crippen molar-refractivity contribution in [1.29, 1.82) is 0 Å². The van der Waals surface area contributed by atoms with Crippen LogP contribution in [-0.2, 0) is 0 Å². The van der Waals surface area contributed by atoms with E-state index in [2.05, 4.69) is 20.8 Å². The molecule has 0 aromatic rings. The summed E-state index contributed by atoms with van der Waals surface area (Å²) in [7, 11) is 0. The second kappa shape index (κ2) is 3.44. The summed E-state index contributed by atoms with van der Waals surface area (Å²) in [4.78, 5) is 2.74. The summed E-state index contributed by atoms with van der Waals surface area (Å²) in [6.07, 6.45) is 7.24. The van der Waals surface area contributed by atoms with E-state index in [1.54, 1.807) is 0 Å². The second-order valence-electron chi connectivity index (χ2n) is 3.74. The van der Waals surface area contributed by atoms with Gasteiger partial charge in [-0.3, -0.25) is 4.90 Å². The molecule has 0 saturated carbocycles. The van der Waals surface area contributed by atoms with E-state index in [1.165, 1.54) is 44.0 Å². The highest BCUT2D eigenvalue weighted by atomic mass is 79.9. The van der Waals surface area contributed by atoms with Crippen LogP contribution in [0.1, 0.15) is 32.1 Å². The topological polar surface area (TPSA) is 3.24 Å². The molecule has 0 radical (unpaired) electrons. The smallest absolute Gasteiger partial charge is 0.00993 e. The lowest BCUT2D eigenvalue weighted by atomic mass is 10.0. The molecule has 2 heterocycles. The van der Waals surface area contributed by atoms with Crippen LogP contribution in [0.3, 0.4) is 0 Å². The van der Waals surface area contributed by atoms with Gasteiger partial charge in [-0.1, -0.05) is 15.9 Å². The molecule has 2 saturated heterocycles. The Hall–Kier alpha value is 0.440. The minimum atomic E-state index is 0.971. The fourth-order valence-electron chi connectivity index (χ4n) is 2.63. The Balaban J connectivity index is 1.84. The molecular weight excluding hydrogens is 202 g/mol. The Morgan fingerprint density at radius 2 is 1.64 bits per heavy atom. The van der Waals surface area contributed by atoms with E-state index in [0.717, 1.165) is 12.1 Å². The van der Waals surface area contributed by atoms with Gasteiger partial charge in [0.15, 0.2) is 0 Å². The number of alkyl halides is 1. The van der Waals surface area contributed by atoms with Gasteiger partial charge in [0.05, 0.1) is 0 Å². The minimum absolute atomic E-state index is 0.971. The third-order valence-corrected chi connectivity index (χ3v) is 3.71. The van der Waals surface area contributed by atoms with Gasteiger partial charge in [0, 0.05) is 17.4 Å². The maximum Gasteiger partial charge on any atom is 0.00993 e. The summed E-state index contributed by atoms with van der Waals surface area (Å²) in [6.45, 7) is 1.33. The van der Waals surface area contributed by atoms with Crippen molar-refractivity contribution in [3.05, 3.63) is 0 Å². The van der Waals surface area contributed by atoms with Crippen LogP contribution in [0, 0.1) is 0 Å². The van der Waals surface area contributed by atoms with Crippen LogP contribution in [0.4, 0.5) is 0 Å². The van der Waals surface area contributed by atoms with Crippen molar-refractivity contribution in [3.63, 3.8) is 0 Å². The molecule has 0 unspecified atom stereocenters. The van der Waals surface area contributed by atoms with Gasteiger partial charge in [0.1, 0.15) is 0 Å². The Bertz CT molecular complexity index is 118. The summed E-state index contributed by atoms with van der Waals surface area (Å²) in [5.74, 6) is 0. The maximum absolute atomic E-state index is 3.49. The monoisotopic (exact) mass is 217 g/mol. The molecule has 2 heteroatoms. The van der Waals surface area contributed by atoms with Gasteiger partial charge in [-0.05, 0) is 38.6 Å². The molecule has 2 bridgehead atoms. The molecule has 2 rings (SSSR count). The van der Waals surface area contributed by atoms with E-state index in [0.29, 0.717) is 0 Å². The molecule has 64 valence electrons. The fourth-order valence-corrected chi connectivity index (χ4v) is 2.88. The van der Waals surface area contributed by atoms with Gasteiger partial charge in [-0.25, -0.2) is 0 Å². The average Bonchev–Trinajstić information content (AvgIpc) is 2.59. The highest BCUT2D eigenvalue weighted by molar-refractivity contribution is 9.09. The van der Waals surface area contributed by atoms with Crippen molar-refractivity contribution < 1.29 is 0 Å². The van der Waals surface area contributed by atoms with Gasteiger partial charge >= 0.3 is 0 Å². The largest absolute Gasteiger partial charge is 0.297 e. The molecule has 2 fully saturated rings. The Morgan fingerprint density at radius 3 is 2.09 bits per heavy atom. The number of hydrogen-bond acceptors (Lipinski definition) is 1. The van der Waals surface area contributed by atoms with E-state index in [1.807, 2.05) is 0 Å². The summed E-state index contributed by atoms with van der Waals surface area (Å²) >= 11 is 3.49. The zero-order valence-corrected chi connectivity index (χ0v) is 8.52. The van der Waals surface area contributed by atoms with Crippen molar-refractivity contribution in [2.45, 2.75) is 44.2 Å². The normalized spacial score (nSPS) is 36.8. The van der Waals surface area contributed by atoms with Gasteiger partial charge < -0.3 is 0 Å². The lowest BCUT2D eigenvalue weighted by molar-refractivity contribution is 0.254. The second-order valence-corrected chi connectivity index (χ2v) is 4.54. The molecule has 2 aliphatic heterocycles. The van der Waals surface area contributed by atoms with Crippen LogP contribution in [0.2, 0.25) is 0 Å². The van der Waals surface area contributed by atoms with Crippen LogP contribution in [0.15, 0.2) is 0 Å². The van der Waals surface area contributed by atoms with Gasteiger partial charge in [-0.15, -0.1) is 0 Å². The summed E-state index contributed by atoms with van der Waals surface area (Å²) < 4.78 is 0. The predicted octanol–water partition coefficient (Wildman–Crippen LogP) is 2.40. The molecule has 0 amide bonds. The molecule has 0 aliphatic carbocycles. The molecule has 0 spiro atoms. The molecule has 0 aromatic heterocycles. The zero-order chi connectivity index (χ0) is 7.68. The molecule has 0 aromatic carbocycles. The van der Waals surface area contributed by atoms with E-state index < -0.39 is 0 Å². The van der Waals surface area contributed by atoms with Gasteiger partial charge in [0.25, 0.3) is 0 Å². The maximum atomic E-state index is 3.49. The van der Waals surface area contributed by atoms with Crippen LogP contribution >= 0.6 is 15.9 Å². The predicted molar refractivity (Wildman–Crippen MR) is 51.2 cm³/mol. The first-order chi connectivity index (χ1) is 5.42. The highest BCUT2D eigenvalue weighted by Gasteiger charge is 2.38. The van der Waals surface area contributed by atoms with Crippen molar-refractivity contribution in [2.24, 2.45) is 0 Å². The Morgan fingerprint density at radius 1 is 1.09 bits per heavy atom. The first-order valence-corrected chi connectivity index (χ1v) is 5.85. The van der Waals surface area contributed by atoms with Gasteiger partial charge in [0.2, 0.25) is 0 Å². The number of hydrogen-bond donors (Lipinski definition) is 0. The van der Waals surface area contributed by atoms with E-state index in [9.17, 15) is 0 Å². The third kappa shape index (κ3) is 1.48. The molecule has 0 N–H and O–H groups in total. The van der Waals surface area contributed by atoms with Crippen LogP contribution in [-0.4, -0.2) is 28.9 Å². The lowest BCUT2D eigenvalue weighted by Crippen LogP contribution is -2.29. The fraction of sp³-hybridized carbons (Fsp3) is 1.00. The number of nitrogens with zero attached hydrogens (tertiary/aromatic N) is 1. The van der Waals surface area contributed by atoms with E-state index in [4.69, 9.17) is 0 Å². The quantitative estimate of drug-likeness (QED) is 0.657. The number of halogens is 1. The van der Waals surface area contributed by atoms with Crippen molar-refractivity contribution >= 4 is 15.9 Å². The van der Waals surface area contributed by atoms with Crippen LogP contribution in [0.5, 0.6) is 0 Å². The van der Waals surface area contributed by atoms with Crippen molar-refractivity contribution in [1.82, 2.24) is 4.90 Å². The first-order valence-electron chi connectivity index (χ1n) is 4.73. The molecule has 11 heavy (non-hydrogen) atoms. The minimum Gasteiger partial charge on any atom is -0.297 e. The van der Waals surface area contributed by atoms with Crippen LogP contribution in [0.25, 0.3) is 0 Å². The lowest BCUT2D eigenvalue weighted by Gasteiger charge is -2.20. The summed E-state index contributed by atoms with van der Waals surface area (Å²) in [6, 6.07) is 1.94. The Kier molecular flexibility index (Phi) is 2.52. The van der Waals surface area contributed by atoms with E-state index >= 15 is 0 Å². The highest BCUT2D eigenvalue weighted by Crippen LogP contribution is 2.37. The summed E-state index contributed by atoms with van der Waals surface area (Å²) in [5.41, 5.74) is 0. The average molecular weight is 218 g/mol. The van der Waals surface area contributed by atoms with Gasteiger partial charge in [-0.2, -0.15) is 0 Å². The molecule has 2 aliphatic rings. The standard InChI is InChI=1S/C9H16BrN/c10-6-1-7-11-8-2-3-9(11)5-4-8/h8-9H,1-7H2. The molecular formula is C9H16BrN. The molecule has 1 nitrogen and oxygen atoms in total. The molecule has 0 atom stereocenters. The Labute approximate surface area is 77.3 Å². The van der Waals surface area contributed by atoms with Crippen molar-refractivity contribution in [2.75, 3.05) is 11.9 Å². The summed E-state index contributed by atoms with van der Waals surface area (Å²) in [5, 5.41) is 1.17. The number of rotatable bonds is 3. The number of fused-ring (bicyclic) bond motifs is 2. The van der Waals surface area contributed by atoms with Crippen LogP contribution < -0.4 is 0 Å². The SMILES string of the molecule is BrCCCN1C2CCC1CC2. The van der Waals surface area contributed by atoms with Crippen molar-refractivity contribution in [3.8, 4) is 0 Å². The first kappa shape index (κ1) is 8.06. The third-order valence-electron chi connectivity index (χ3n) is 3.15.